The van der Waals surface area contributed by atoms with E-state index in [0.29, 0.717) is 18.4 Å². The molecule has 1 N–H and O–H groups in total. The van der Waals surface area contributed by atoms with E-state index >= 15 is 0 Å². The van der Waals surface area contributed by atoms with Crippen LogP contribution in [0.4, 0.5) is 13.2 Å². The topological polar surface area (TPSA) is 32.3 Å². The van der Waals surface area contributed by atoms with Gasteiger partial charge in [-0.3, -0.25) is 9.69 Å². The van der Waals surface area contributed by atoms with Crippen LogP contribution in [-0.4, -0.2) is 29.9 Å². The summed E-state index contributed by atoms with van der Waals surface area (Å²) in [6.07, 6.45) is -1.12. The molecule has 0 saturated carbocycles. The Hall–Kier alpha value is -2.34. The quantitative estimate of drug-likeness (QED) is 0.589. The van der Waals surface area contributed by atoms with Gasteiger partial charge in [0.25, 0.3) is 0 Å². The van der Waals surface area contributed by atoms with Gasteiger partial charge < -0.3 is 5.32 Å². The van der Waals surface area contributed by atoms with Gasteiger partial charge in [0.1, 0.15) is 0 Å². The van der Waals surface area contributed by atoms with Crippen LogP contribution in [0.1, 0.15) is 48.9 Å². The first-order valence-electron chi connectivity index (χ1n) is 11.0. The molecule has 1 aliphatic rings. The molecule has 0 spiro atoms. The predicted octanol–water partition coefficient (Wildman–Crippen LogP) is 5.23. The molecule has 6 heteroatoms. The molecule has 0 radical (unpaired) electrons. The third-order valence-electron chi connectivity index (χ3n) is 6.05. The van der Waals surface area contributed by atoms with Crippen LogP contribution in [0.15, 0.2) is 48.5 Å². The third-order valence-corrected chi connectivity index (χ3v) is 6.05. The van der Waals surface area contributed by atoms with Gasteiger partial charge >= 0.3 is 6.18 Å². The number of aryl methyl sites for hydroxylation is 2. The van der Waals surface area contributed by atoms with Crippen LogP contribution in [0.25, 0.3) is 0 Å². The summed E-state index contributed by atoms with van der Waals surface area (Å²) in [4.78, 5) is 14.5. The smallest absolute Gasteiger partial charge is 0.353 e. The van der Waals surface area contributed by atoms with Crippen LogP contribution < -0.4 is 5.32 Å². The molecule has 1 heterocycles. The number of amides is 1. The van der Waals surface area contributed by atoms with Crippen molar-refractivity contribution in [3.05, 3.63) is 70.8 Å². The maximum atomic E-state index is 12.8. The number of hydrogen-bond donors (Lipinski definition) is 1. The normalized spacial score (nSPS) is 15.2. The Morgan fingerprint density at radius 2 is 1.61 bits per heavy atom. The van der Waals surface area contributed by atoms with Gasteiger partial charge in [0.15, 0.2) is 0 Å². The first-order chi connectivity index (χ1) is 14.8. The van der Waals surface area contributed by atoms with Gasteiger partial charge in [-0.15, -0.1) is 0 Å². The summed E-state index contributed by atoms with van der Waals surface area (Å²) < 4.78 is 38.5. The Labute approximate surface area is 182 Å². The number of nitrogens with one attached hydrogen (secondary N) is 1. The summed E-state index contributed by atoms with van der Waals surface area (Å²) >= 11 is 0. The van der Waals surface area contributed by atoms with Crippen molar-refractivity contribution in [1.29, 1.82) is 0 Å². The van der Waals surface area contributed by atoms with E-state index in [4.69, 9.17) is 0 Å². The SMILES string of the molecule is CCC(CC)NC(=O)C1CN(Cc2ccc(CCc3cccc(C(F)(F)F)c3)cc2)C1. The Morgan fingerprint density at radius 1 is 1.00 bits per heavy atom. The Morgan fingerprint density at radius 3 is 2.23 bits per heavy atom. The molecule has 0 bridgehead atoms. The molecule has 3 rings (SSSR count). The lowest BCUT2D eigenvalue weighted by atomic mass is 9.97. The lowest BCUT2D eigenvalue weighted by Crippen LogP contribution is -2.54. The largest absolute Gasteiger partial charge is 0.416 e. The molecule has 2 aromatic rings. The number of carbonyl (C=O) groups is 1. The number of carbonyl (C=O) groups excluding carboxylic acids is 1. The van der Waals surface area contributed by atoms with E-state index in [1.165, 1.54) is 17.7 Å². The average Bonchev–Trinajstić information content (AvgIpc) is 2.73. The number of nitrogens with zero attached hydrogens (tertiary/aromatic N) is 1. The molecule has 1 fully saturated rings. The highest BCUT2D eigenvalue weighted by molar-refractivity contribution is 5.80. The molecule has 0 unspecified atom stereocenters. The summed E-state index contributed by atoms with van der Waals surface area (Å²) in [6.45, 7) is 6.55. The molecule has 1 saturated heterocycles. The van der Waals surface area contributed by atoms with Gasteiger partial charge in [0.2, 0.25) is 5.91 Å². The predicted molar refractivity (Wildman–Crippen MR) is 117 cm³/mol. The van der Waals surface area contributed by atoms with Crippen molar-refractivity contribution in [2.75, 3.05) is 13.1 Å². The highest BCUT2D eigenvalue weighted by atomic mass is 19.4. The molecule has 168 valence electrons. The Balaban J connectivity index is 1.44. The third kappa shape index (κ3) is 6.57. The van der Waals surface area contributed by atoms with E-state index in [1.807, 2.05) is 12.1 Å². The maximum Gasteiger partial charge on any atom is 0.416 e. The second-order valence-electron chi connectivity index (χ2n) is 8.43. The minimum Gasteiger partial charge on any atom is -0.353 e. The molecule has 2 aromatic carbocycles. The summed E-state index contributed by atoms with van der Waals surface area (Å²) in [5, 5.41) is 3.12. The first kappa shape index (κ1) is 23.3. The summed E-state index contributed by atoms with van der Waals surface area (Å²) in [5.74, 6) is 0.238. The second kappa shape index (κ2) is 10.3. The minimum atomic E-state index is -4.30. The number of benzene rings is 2. The van der Waals surface area contributed by atoms with Crippen molar-refractivity contribution in [2.24, 2.45) is 5.92 Å². The summed E-state index contributed by atoms with van der Waals surface area (Å²) in [5.41, 5.74) is 2.38. The molecular weight excluding hydrogens is 401 g/mol. The van der Waals surface area contributed by atoms with Crippen molar-refractivity contribution < 1.29 is 18.0 Å². The van der Waals surface area contributed by atoms with Gasteiger partial charge in [-0.25, -0.2) is 0 Å². The molecule has 1 amide bonds. The molecule has 3 nitrogen and oxygen atoms in total. The van der Waals surface area contributed by atoms with E-state index in [9.17, 15) is 18.0 Å². The van der Waals surface area contributed by atoms with Crippen molar-refractivity contribution in [2.45, 2.75) is 58.3 Å². The Kier molecular flexibility index (Phi) is 7.76. The van der Waals surface area contributed by atoms with Crippen LogP contribution in [0.3, 0.4) is 0 Å². The molecule has 1 aliphatic heterocycles. The number of hydrogen-bond acceptors (Lipinski definition) is 2. The van der Waals surface area contributed by atoms with Crippen LogP contribution in [0.2, 0.25) is 0 Å². The fraction of sp³-hybridized carbons (Fsp3) is 0.480. The average molecular weight is 433 g/mol. The minimum absolute atomic E-state index is 0.0762. The summed E-state index contributed by atoms with van der Waals surface area (Å²) in [6, 6.07) is 14.0. The van der Waals surface area contributed by atoms with Gasteiger partial charge in [-0.2, -0.15) is 13.2 Å². The Bertz CT molecular complexity index is 854. The van der Waals surface area contributed by atoms with Crippen LogP contribution >= 0.6 is 0 Å². The summed E-state index contributed by atoms with van der Waals surface area (Å²) in [7, 11) is 0. The van der Waals surface area contributed by atoms with E-state index in [1.54, 1.807) is 6.07 Å². The van der Waals surface area contributed by atoms with Crippen molar-refractivity contribution in [1.82, 2.24) is 10.2 Å². The molecule has 0 aliphatic carbocycles. The van der Waals surface area contributed by atoms with Gasteiger partial charge in [-0.1, -0.05) is 56.3 Å². The number of likely N-dealkylation sites (tertiary alicyclic amines) is 1. The zero-order valence-corrected chi connectivity index (χ0v) is 18.2. The molecule has 0 aromatic heterocycles. The zero-order chi connectivity index (χ0) is 22.4. The van der Waals surface area contributed by atoms with E-state index in [-0.39, 0.29) is 17.9 Å². The van der Waals surface area contributed by atoms with Gasteiger partial charge in [0, 0.05) is 25.7 Å². The van der Waals surface area contributed by atoms with Crippen LogP contribution in [-0.2, 0) is 30.4 Å². The first-order valence-corrected chi connectivity index (χ1v) is 11.0. The lowest BCUT2D eigenvalue weighted by Gasteiger charge is -2.38. The van der Waals surface area contributed by atoms with Crippen LogP contribution in [0, 0.1) is 5.92 Å². The van der Waals surface area contributed by atoms with E-state index in [2.05, 4.69) is 36.2 Å². The van der Waals surface area contributed by atoms with Gasteiger partial charge in [0.05, 0.1) is 11.5 Å². The fourth-order valence-electron chi connectivity index (χ4n) is 3.94. The fourth-order valence-corrected chi connectivity index (χ4v) is 3.94. The van der Waals surface area contributed by atoms with Crippen molar-refractivity contribution >= 4 is 5.91 Å². The van der Waals surface area contributed by atoms with E-state index < -0.39 is 11.7 Å². The maximum absolute atomic E-state index is 12.8. The number of halogens is 3. The van der Waals surface area contributed by atoms with E-state index in [0.717, 1.165) is 44.1 Å². The molecule has 31 heavy (non-hydrogen) atoms. The standard InChI is InChI=1S/C25H31F3N2O/c1-3-23(4-2)29-24(31)21-16-30(17-21)15-20-12-9-18(10-13-20)8-11-19-6-5-7-22(14-19)25(26,27)28/h5-7,9-10,12-14,21,23H,3-4,8,11,15-17H2,1-2H3,(H,29,31). The number of alkyl halides is 3. The molecular formula is C25H31F3N2O. The van der Waals surface area contributed by atoms with Gasteiger partial charge in [-0.05, 0) is 48.4 Å². The highest BCUT2D eigenvalue weighted by Crippen LogP contribution is 2.29. The van der Waals surface area contributed by atoms with Crippen molar-refractivity contribution in [3.8, 4) is 0 Å². The van der Waals surface area contributed by atoms with Crippen molar-refractivity contribution in [3.63, 3.8) is 0 Å². The second-order valence-corrected chi connectivity index (χ2v) is 8.43. The monoisotopic (exact) mass is 432 g/mol. The highest BCUT2D eigenvalue weighted by Gasteiger charge is 2.33. The zero-order valence-electron chi connectivity index (χ0n) is 18.2. The lowest BCUT2D eigenvalue weighted by molar-refractivity contribution is -0.137. The molecule has 0 atom stereocenters. The number of rotatable bonds is 9. The van der Waals surface area contributed by atoms with Crippen LogP contribution in [0.5, 0.6) is 0 Å².